The Kier molecular flexibility index (Phi) is 16.2. The van der Waals surface area contributed by atoms with Crippen LogP contribution in [0.5, 0.6) is 5.75 Å². The van der Waals surface area contributed by atoms with Crippen LogP contribution >= 0.6 is 7.82 Å². The fourth-order valence-corrected chi connectivity index (χ4v) is 4.04. The molecule has 0 spiro atoms. The monoisotopic (exact) mass is 486 g/mol. The van der Waals surface area contributed by atoms with E-state index in [1.165, 1.54) is 83.1 Å². The molecule has 0 radical (unpaired) electrons. The van der Waals surface area contributed by atoms with E-state index in [0.717, 1.165) is 12.8 Å². The van der Waals surface area contributed by atoms with E-state index in [1.54, 1.807) is 6.07 Å². The van der Waals surface area contributed by atoms with Crippen molar-refractivity contribution in [3.63, 3.8) is 0 Å². The number of aryl methyl sites for hydroxylation is 1. The number of benzene rings is 1. The number of rotatable bonds is 20. The van der Waals surface area contributed by atoms with Gasteiger partial charge in [-0.05, 0) is 30.5 Å². The number of esters is 1. The summed E-state index contributed by atoms with van der Waals surface area (Å²) in [6.45, 7) is 2.98. The van der Waals surface area contributed by atoms with Crippen molar-refractivity contribution in [3.05, 3.63) is 29.8 Å². The van der Waals surface area contributed by atoms with Crippen molar-refractivity contribution in [1.82, 2.24) is 0 Å². The van der Waals surface area contributed by atoms with E-state index in [-0.39, 0.29) is 6.61 Å². The van der Waals surface area contributed by atoms with E-state index in [4.69, 9.17) is 19.3 Å². The largest absolute Gasteiger partial charge is 0.490 e. The molecule has 2 N–H and O–H groups in total. The van der Waals surface area contributed by atoms with Crippen LogP contribution in [0.3, 0.4) is 0 Å². The van der Waals surface area contributed by atoms with E-state index >= 15 is 0 Å². The molecule has 0 saturated carbocycles. The lowest BCUT2D eigenvalue weighted by molar-refractivity contribution is -0.149. The quantitative estimate of drug-likeness (QED) is 0.126. The van der Waals surface area contributed by atoms with Crippen molar-refractivity contribution < 1.29 is 33.1 Å². The molecule has 0 heterocycles. The minimum atomic E-state index is -4.65. The zero-order chi connectivity index (χ0) is 24.4. The molecule has 7 nitrogen and oxygen atoms in total. The number of unbranched alkanes of at least 4 members (excludes halogenated alkanes) is 11. The van der Waals surface area contributed by atoms with Crippen molar-refractivity contribution in [1.29, 1.82) is 0 Å². The molecule has 8 heteroatoms. The van der Waals surface area contributed by atoms with Crippen molar-refractivity contribution in [2.24, 2.45) is 0 Å². The molecule has 190 valence electrons. The van der Waals surface area contributed by atoms with Crippen molar-refractivity contribution in [2.75, 3.05) is 13.2 Å². The molecule has 1 unspecified atom stereocenters. The minimum Gasteiger partial charge on any atom is -0.490 e. The van der Waals surface area contributed by atoms with Gasteiger partial charge in [0.05, 0.1) is 6.61 Å². The van der Waals surface area contributed by atoms with Gasteiger partial charge in [0.25, 0.3) is 0 Å². The first-order chi connectivity index (χ1) is 15.8. The summed E-state index contributed by atoms with van der Waals surface area (Å²) in [5.74, 6) is 0.0541. The maximum atomic E-state index is 11.2. The lowest BCUT2D eigenvalue weighted by Gasteiger charge is -2.18. The Morgan fingerprint density at radius 2 is 1.48 bits per heavy atom. The van der Waals surface area contributed by atoms with Gasteiger partial charge >= 0.3 is 13.8 Å². The van der Waals surface area contributed by atoms with Gasteiger partial charge in [-0.3, -0.25) is 9.32 Å². The predicted octanol–water partition coefficient (Wildman–Crippen LogP) is 6.35. The minimum absolute atomic E-state index is 0.0539. The summed E-state index contributed by atoms with van der Waals surface area (Å²) < 4.78 is 26.0. The highest BCUT2D eigenvalue weighted by atomic mass is 31.2. The summed E-state index contributed by atoms with van der Waals surface area (Å²) in [5, 5.41) is 0. The van der Waals surface area contributed by atoms with Gasteiger partial charge in [0, 0.05) is 6.92 Å². The van der Waals surface area contributed by atoms with Crippen LogP contribution in [0.2, 0.25) is 0 Å². The summed E-state index contributed by atoms with van der Waals surface area (Å²) in [5.41, 5.74) is 1.18. The second kappa shape index (κ2) is 18.0. The van der Waals surface area contributed by atoms with E-state index < -0.39 is 26.5 Å². The van der Waals surface area contributed by atoms with Gasteiger partial charge in [-0.2, -0.15) is 0 Å². The molecular weight excluding hydrogens is 443 g/mol. The second-order valence-electron chi connectivity index (χ2n) is 8.62. The third-order valence-corrected chi connectivity index (χ3v) is 5.90. The van der Waals surface area contributed by atoms with Gasteiger partial charge < -0.3 is 19.3 Å². The van der Waals surface area contributed by atoms with Crippen LogP contribution in [0.25, 0.3) is 0 Å². The first-order valence-electron chi connectivity index (χ1n) is 12.4. The van der Waals surface area contributed by atoms with Crippen molar-refractivity contribution >= 4 is 13.8 Å². The summed E-state index contributed by atoms with van der Waals surface area (Å²) in [6, 6.07) is 7.73. The second-order valence-corrected chi connectivity index (χ2v) is 9.85. The molecule has 0 amide bonds. The number of carbonyl (C=O) groups is 1. The summed E-state index contributed by atoms with van der Waals surface area (Å²) in [7, 11) is -4.65. The Bertz CT molecular complexity index is 689. The van der Waals surface area contributed by atoms with Crippen LogP contribution in [0.4, 0.5) is 0 Å². The number of ether oxygens (including phenoxy) is 2. The van der Waals surface area contributed by atoms with Gasteiger partial charge in [0.1, 0.15) is 12.4 Å². The van der Waals surface area contributed by atoms with Crippen molar-refractivity contribution in [3.8, 4) is 5.75 Å². The molecule has 0 aliphatic rings. The standard InChI is InChI=1S/C25H43O7P/c1-3-4-5-6-7-8-9-10-11-12-13-14-16-23-17-15-18-24(19-23)30-20-25(32-22(2)26)21-31-33(27,28)29/h15,17-19,25H,3-14,16,20-21H2,1-2H3,(H2,27,28,29). The van der Waals surface area contributed by atoms with Crippen LogP contribution in [-0.4, -0.2) is 35.1 Å². The Labute approximate surface area is 199 Å². The highest BCUT2D eigenvalue weighted by molar-refractivity contribution is 7.46. The van der Waals surface area contributed by atoms with Gasteiger partial charge in [-0.1, -0.05) is 89.7 Å². The Morgan fingerprint density at radius 1 is 0.909 bits per heavy atom. The Hall–Kier alpha value is -1.40. The summed E-state index contributed by atoms with van der Waals surface area (Å²) >= 11 is 0. The van der Waals surface area contributed by atoms with Gasteiger partial charge in [0.2, 0.25) is 0 Å². The molecule has 0 aliphatic heterocycles. The third kappa shape index (κ3) is 17.7. The topological polar surface area (TPSA) is 102 Å². The molecule has 1 rings (SSSR count). The fourth-order valence-electron chi connectivity index (χ4n) is 3.68. The Morgan fingerprint density at radius 3 is 2.03 bits per heavy atom. The normalized spacial score (nSPS) is 12.5. The molecule has 0 fully saturated rings. The zero-order valence-electron chi connectivity index (χ0n) is 20.4. The lowest BCUT2D eigenvalue weighted by Crippen LogP contribution is -2.28. The zero-order valence-corrected chi connectivity index (χ0v) is 21.3. The number of phosphoric acid groups is 1. The van der Waals surface area contributed by atoms with Gasteiger partial charge in [-0.15, -0.1) is 0 Å². The summed E-state index contributed by atoms with van der Waals surface area (Å²) in [6.07, 6.45) is 15.9. The van der Waals surface area contributed by atoms with Crippen LogP contribution in [-0.2, 0) is 25.0 Å². The number of carbonyl (C=O) groups excluding carboxylic acids is 1. The van der Waals surface area contributed by atoms with Crippen LogP contribution in [0, 0.1) is 0 Å². The van der Waals surface area contributed by atoms with Crippen LogP contribution in [0.15, 0.2) is 24.3 Å². The highest BCUT2D eigenvalue weighted by Gasteiger charge is 2.21. The van der Waals surface area contributed by atoms with Crippen LogP contribution in [0.1, 0.15) is 96.5 Å². The number of hydrogen-bond acceptors (Lipinski definition) is 5. The molecule has 33 heavy (non-hydrogen) atoms. The first-order valence-corrected chi connectivity index (χ1v) is 13.9. The Balaban J connectivity index is 2.22. The average molecular weight is 487 g/mol. The van der Waals surface area contributed by atoms with Crippen molar-refractivity contribution in [2.45, 2.75) is 103 Å². The van der Waals surface area contributed by atoms with E-state index in [2.05, 4.69) is 17.5 Å². The molecule has 1 aromatic carbocycles. The third-order valence-electron chi connectivity index (χ3n) is 5.41. The predicted molar refractivity (Wildman–Crippen MR) is 130 cm³/mol. The molecule has 1 aromatic rings. The SMILES string of the molecule is CCCCCCCCCCCCCCc1cccc(OCC(COP(=O)(O)O)OC(C)=O)c1. The van der Waals surface area contributed by atoms with Gasteiger partial charge in [0.15, 0.2) is 6.10 Å². The first kappa shape index (κ1) is 29.6. The maximum absolute atomic E-state index is 11.2. The van der Waals surface area contributed by atoms with Gasteiger partial charge in [-0.25, -0.2) is 4.57 Å². The van der Waals surface area contributed by atoms with E-state index in [0.29, 0.717) is 5.75 Å². The summed E-state index contributed by atoms with van der Waals surface area (Å²) in [4.78, 5) is 28.9. The number of hydrogen-bond donors (Lipinski definition) is 2. The average Bonchev–Trinajstić information content (AvgIpc) is 2.76. The van der Waals surface area contributed by atoms with E-state index in [9.17, 15) is 9.36 Å². The molecular formula is C25H43O7P. The molecule has 0 aromatic heterocycles. The van der Waals surface area contributed by atoms with E-state index in [1.807, 2.05) is 12.1 Å². The number of phosphoric ester groups is 1. The lowest BCUT2D eigenvalue weighted by atomic mass is 10.0. The molecule has 0 bridgehead atoms. The van der Waals surface area contributed by atoms with Crippen LogP contribution < -0.4 is 4.74 Å². The maximum Gasteiger partial charge on any atom is 0.469 e. The smallest absolute Gasteiger partial charge is 0.469 e. The molecule has 0 saturated heterocycles. The molecule has 0 aliphatic carbocycles. The fraction of sp³-hybridized carbons (Fsp3) is 0.720. The molecule has 1 atom stereocenters. The highest BCUT2D eigenvalue weighted by Crippen LogP contribution is 2.35.